The van der Waals surface area contributed by atoms with Crippen LogP contribution >= 0.6 is 0 Å². The van der Waals surface area contributed by atoms with Crippen LogP contribution in [0.25, 0.3) is 5.57 Å². The third-order valence-electron chi connectivity index (χ3n) is 2.54. The Morgan fingerprint density at radius 3 is 2.52 bits per heavy atom. The van der Waals surface area contributed by atoms with Crippen LogP contribution in [0, 0.1) is 0 Å². The fourth-order valence-corrected chi connectivity index (χ4v) is 1.60. The first-order valence-electron chi connectivity index (χ1n) is 6.13. The molecule has 4 nitrogen and oxygen atoms in total. The van der Waals surface area contributed by atoms with Crippen molar-refractivity contribution in [3.63, 3.8) is 0 Å². The van der Waals surface area contributed by atoms with Crippen molar-refractivity contribution in [1.29, 1.82) is 0 Å². The van der Waals surface area contributed by atoms with Crippen molar-refractivity contribution in [3.05, 3.63) is 42.0 Å². The lowest BCUT2D eigenvalue weighted by Crippen LogP contribution is -2.33. The Bertz CT molecular complexity index is 486. The second-order valence-corrected chi connectivity index (χ2v) is 4.28. The first kappa shape index (κ1) is 17.2. The number of methoxy groups -OCH3 is 1. The number of aliphatic hydroxyl groups excluding tert-OH is 1. The van der Waals surface area contributed by atoms with Crippen molar-refractivity contribution in [2.75, 3.05) is 20.3 Å². The van der Waals surface area contributed by atoms with Crippen molar-refractivity contribution in [2.24, 2.45) is 0 Å². The molecule has 1 amide bonds. The van der Waals surface area contributed by atoms with Gasteiger partial charge in [-0.1, -0.05) is 30.3 Å². The Morgan fingerprint density at radius 1 is 1.38 bits per heavy atom. The number of rotatable bonds is 6. The van der Waals surface area contributed by atoms with Gasteiger partial charge in [0, 0.05) is 19.7 Å². The summed E-state index contributed by atoms with van der Waals surface area (Å²) in [5.74, 6) is -0.929. The Balaban J connectivity index is 2.82. The van der Waals surface area contributed by atoms with E-state index in [0.717, 1.165) is 0 Å². The molecule has 2 N–H and O–H groups in total. The molecule has 0 aromatic heterocycles. The van der Waals surface area contributed by atoms with E-state index in [1.165, 1.54) is 31.4 Å². The molecule has 0 heterocycles. The number of benzene rings is 1. The fourth-order valence-electron chi connectivity index (χ4n) is 1.60. The van der Waals surface area contributed by atoms with Crippen molar-refractivity contribution in [3.8, 4) is 0 Å². The Labute approximate surface area is 120 Å². The normalized spacial score (nSPS) is 13.9. The summed E-state index contributed by atoms with van der Waals surface area (Å²) in [6.45, 7) is -0.210. The van der Waals surface area contributed by atoms with Gasteiger partial charge in [-0.2, -0.15) is 13.2 Å². The zero-order valence-electron chi connectivity index (χ0n) is 11.4. The zero-order valence-corrected chi connectivity index (χ0v) is 11.4. The van der Waals surface area contributed by atoms with Crippen LogP contribution in [0.3, 0.4) is 0 Å². The molecule has 0 saturated heterocycles. The molecule has 116 valence electrons. The van der Waals surface area contributed by atoms with Gasteiger partial charge < -0.3 is 15.2 Å². The highest BCUT2D eigenvalue weighted by Gasteiger charge is 2.35. The number of allylic oxidation sites excluding steroid dienone is 1. The molecular weight excluding hydrogens is 287 g/mol. The molecule has 0 radical (unpaired) electrons. The quantitative estimate of drug-likeness (QED) is 0.787. The number of hydrogen-bond acceptors (Lipinski definition) is 3. The lowest BCUT2D eigenvalue weighted by Gasteiger charge is -2.13. The van der Waals surface area contributed by atoms with E-state index in [9.17, 15) is 23.1 Å². The van der Waals surface area contributed by atoms with E-state index >= 15 is 0 Å². The number of alkyl halides is 3. The number of hydrogen-bond donors (Lipinski definition) is 2. The molecule has 0 bridgehead atoms. The lowest BCUT2D eigenvalue weighted by atomic mass is 10.1. The molecule has 0 fully saturated rings. The fraction of sp³-hybridized carbons (Fsp3) is 0.357. The molecule has 0 spiro atoms. The third-order valence-corrected chi connectivity index (χ3v) is 2.54. The first-order chi connectivity index (χ1) is 9.84. The van der Waals surface area contributed by atoms with Gasteiger partial charge >= 0.3 is 6.18 Å². The van der Waals surface area contributed by atoms with Crippen LogP contribution < -0.4 is 5.32 Å². The Morgan fingerprint density at radius 2 is 2.00 bits per heavy atom. The van der Waals surface area contributed by atoms with Gasteiger partial charge in [0.15, 0.2) is 0 Å². The van der Waals surface area contributed by atoms with E-state index < -0.39 is 23.8 Å². The number of aliphatic hydroxyl groups is 1. The van der Waals surface area contributed by atoms with Crippen LogP contribution in [0.2, 0.25) is 0 Å². The van der Waals surface area contributed by atoms with Crippen molar-refractivity contribution < 1.29 is 27.8 Å². The van der Waals surface area contributed by atoms with Gasteiger partial charge in [-0.05, 0) is 5.56 Å². The largest absolute Gasteiger partial charge is 0.417 e. The number of nitrogens with one attached hydrogen (secondary N) is 1. The molecule has 1 aromatic carbocycles. The van der Waals surface area contributed by atoms with Crippen LogP contribution in [0.5, 0.6) is 0 Å². The molecule has 0 aliphatic rings. The smallest absolute Gasteiger partial charge is 0.389 e. The van der Waals surface area contributed by atoms with E-state index in [4.69, 9.17) is 0 Å². The van der Waals surface area contributed by atoms with E-state index in [0.29, 0.717) is 6.08 Å². The summed E-state index contributed by atoms with van der Waals surface area (Å²) >= 11 is 0. The summed E-state index contributed by atoms with van der Waals surface area (Å²) in [4.78, 5) is 11.5. The van der Waals surface area contributed by atoms with Gasteiger partial charge in [0.25, 0.3) is 0 Å². The average Bonchev–Trinajstić information content (AvgIpc) is 2.42. The minimum atomic E-state index is -4.65. The summed E-state index contributed by atoms with van der Waals surface area (Å²) in [5, 5.41) is 11.5. The van der Waals surface area contributed by atoms with Gasteiger partial charge in [0.2, 0.25) is 5.91 Å². The molecule has 21 heavy (non-hydrogen) atoms. The maximum absolute atomic E-state index is 13.0. The Hall–Kier alpha value is -1.86. The summed E-state index contributed by atoms with van der Waals surface area (Å²) in [7, 11) is 1.36. The molecule has 1 rings (SSSR count). The molecule has 0 saturated carbocycles. The molecule has 0 aliphatic heterocycles. The number of carbonyl (C=O) groups excluding carboxylic acids is 1. The van der Waals surface area contributed by atoms with Crippen LogP contribution in [-0.2, 0) is 9.53 Å². The van der Waals surface area contributed by atoms with Crippen LogP contribution in [0.1, 0.15) is 5.56 Å². The molecular formula is C14H16F3NO3. The monoisotopic (exact) mass is 303 g/mol. The highest BCUT2D eigenvalue weighted by atomic mass is 19.4. The van der Waals surface area contributed by atoms with Gasteiger partial charge in [-0.3, -0.25) is 4.79 Å². The second-order valence-electron chi connectivity index (χ2n) is 4.28. The summed E-state index contributed by atoms with van der Waals surface area (Å²) in [5.41, 5.74) is -1.14. The van der Waals surface area contributed by atoms with Crippen LogP contribution in [-0.4, -0.2) is 43.6 Å². The number of amides is 1. The third kappa shape index (κ3) is 5.97. The second kappa shape index (κ2) is 7.80. The SMILES string of the molecule is COCC(O)CNC(=O)/C=C(/c1ccccc1)C(F)(F)F. The summed E-state index contributed by atoms with van der Waals surface area (Å²) < 4.78 is 43.5. The van der Waals surface area contributed by atoms with E-state index in [2.05, 4.69) is 10.1 Å². The summed E-state index contributed by atoms with van der Waals surface area (Å²) in [6.07, 6.45) is -5.14. The molecule has 1 unspecified atom stereocenters. The van der Waals surface area contributed by atoms with Gasteiger partial charge in [-0.25, -0.2) is 0 Å². The molecule has 1 aromatic rings. The zero-order chi connectivity index (χ0) is 15.9. The van der Waals surface area contributed by atoms with Gasteiger partial charge in [0.1, 0.15) is 0 Å². The predicted octanol–water partition coefficient (Wildman–Crippen LogP) is 1.76. The topological polar surface area (TPSA) is 58.6 Å². The highest BCUT2D eigenvalue weighted by Crippen LogP contribution is 2.33. The lowest BCUT2D eigenvalue weighted by molar-refractivity contribution is -0.117. The predicted molar refractivity (Wildman–Crippen MR) is 71.4 cm³/mol. The summed E-state index contributed by atoms with van der Waals surface area (Å²) in [6, 6.07) is 7.03. The molecule has 0 aliphatic carbocycles. The van der Waals surface area contributed by atoms with Crippen molar-refractivity contribution in [2.45, 2.75) is 12.3 Å². The molecule has 7 heteroatoms. The standard InChI is InChI=1S/C14H16F3NO3/c1-21-9-11(19)8-18-13(20)7-12(14(15,16)17)10-5-3-2-4-6-10/h2-7,11,19H,8-9H2,1H3,(H,18,20)/b12-7-. The maximum Gasteiger partial charge on any atom is 0.417 e. The minimum absolute atomic E-state index is 0.0190. The van der Waals surface area contributed by atoms with Gasteiger partial charge in [-0.15, -0.1) is 0 Å². The maximum atomic E-state index is 13.0. The van der Waals surface area contributed by atoms with Crippen LogP contribution in [0.4, 0.5) is 13.2 Å². The van der Waals surface area contributed by atoms with Crippen molar-refractivity contribution in [1.82, 2.24) is 5.32 Å². The number of carbonyl (C=O) groups is 1. The first-order valence-corrected chi connectivity index (χ1v) is 6.13. The van der Waals surface area contributed by atoms with Crippen molar-refractivity contribution >= 4 is 11.5 Å². The molecule has 1 atom stereocenters. The van der Waals surface area contributed by atoms with E-state index in [1.54, 1.807) is 6.07 Å². The number of halogens is 3. The van der Waals surface area contributed by atoms with Gasteiger partial charge in [0.05, 0.1) is 18.3 Å². The van der Waals surface area contributed by atoms with E-state index in [-0.39, 0.29) is 18.7 Å². The van der Waals surface area contributed by atoms with Crippen LogP contribution in [0.15, 0.2) is 36.4 Å². The minimum Gasteiger partial charge on any atom is -0.389 e. The Kier molecular flexibility index (Phi) is 6.39. The average molecular weight is 303 g/mol. The highest BCUT2D eigenvalue weighted by molar-refractivity contribution is 5.96. The number of ether oxygens (including phenoxy) is 1. The van der Waals surface area contributed by atoms with E-state index in [1.807, 2.05) is 0 Å².